The molecular formula is C11H18ClN3O. The van der Waals surface area contributed by atoms with E-state index < -0.39 is 0 Å². The molecule has 0 fully saturated rings. The molecule has 1 rings (SSSR count). The zero-order valence-electron chi connectivity index (χ0n) is 9.50. The number of pyridine rings is 1. The largest absolute Gasteiger partial charge is 0.397 e. The Hall–Kier alpha value is -1.00. The van der Waals surface area contributed by atoms with Crippen molar-refractivity contribution in [2.75, 3.05) is 30.8 Å². The second kappa shape index (κ2) is 7.30. The molecule has 0 bridgehead atoms. The van der Waals surface area contributed by atoms with Gasteiger partial charge in [0.15, 0.2) is 0 Å². The third kappa shape index (κ3) is 4.68. The van der Waals surface area contributed by atoms with Crippen molar-refractivity contribution < 1.29 is 4.74 Å². The maximum Gasteiger partial charge on any atom is 0.144 e. The fourth-order valence-electron chi connectivity index (χ4n) is 1.17. The Morgan fingerprint density at radius 3 is 3.00 bits per heavy atom. The number of nitrogens with two attached hydrogens (primary N) is 1. The highest BCUT2D eigenvalue weighted by Crippen LogP contribution is 2.20. The number of nitrogen functional groups attached to an aromatic ring is 1. The molecule has 0 aliphatic carbocycles. The number of anilines is 2. The number of hydrogen-bond donors (Lipinski definition) is 2. The van der Waals surface area contributed by atoms with Crippen molar-refractivity contribution in [1.82, 2.24) is 4.98 Å². The van der Waals surface area contributed by atoms with E-state index in [1.165, 1.54) is 0 Å². The lowest BCUT2D eigenvalue weighted by Crippen LogP contribution is -2.11. The number of hydrogen-bond acceptors (Lipinski definition) is 4. The van der Waals surface area contributed by atoms with Gasteiger partial charge in [0.25, 0.3) is 0 Å². The van der Waals surface area contributed by atoms with Crippen LogP contribution < -0.4 is 11.1 Å². The van der Waals surface area contributed by atoms with Crippen LogP contribution in [0.15, 0.2) is 12.3 Å². The molecule has 0 amide bonds. The minimum Gasteiger partial charge on any atom is -0.397 e. The summed E-state index contributed by atoms with van der Waals surface area (Å²) >= 11 is 5.95. The maximum atomic E-state index is 5.95. The molecule has 0 saturated heterocycles. The van der Waals surface area contributed by atoms with E-state index in [1.54, 1.807) is 12.3 Å². The number of nitrogens with one attached hydrogen (secondary N) is 1. The van der Waals surface area contributed by atoms with Gasteiger partial charge in [0.1, 0.15) is 5.82 Å². The zero-order chi connectivity index (χ0) is 11.8. The number of rotatable bonds is 7. The lowest BCUT2D eigenvalue weighted by atomic mass is 10.4. The van der Waals surface area contributed by atoms with Gasteiger partial charge in [0.05, 0.1) is 23.5 Å². The first-order chi connectivity index (χ1) is 7.74. The fraction of sp³-hybridized carbons (Fsp3) is 0.545. The molecule has 3 N–H and O–H groups in total. The number of aromatic nitrogens is 1. The second-order valence-corrected chi connectivity index (χ2v) is 3.90. The van der Waals surface area contributed by atoms with Crippen LogP contribution in [0.4, 0.5) is 11.5 Å². The van der Waals surface area contributed by atoms with Crippen LogP contribution in [0.1, 0.15) is 19.8 Å². The van der Waals surface area contributed by atoms with Gasteiger partial charge in [-0.3, -0.25) is 0 Å². The van der Waals surface area contributed by atoms with Crippen LogP contribution >= 0.6 is 11.6 Å². The topological polar surface area (TPSA) is 60.2 Å². The number of ether oxygens (including phenoxy) is 1. The summed E-state index contributed by atoms with van der Waals surface area (Å²) in [5.74, 6) is 0.648. The van der Waals surface area contributed by atoms with Gasteiger partial charge in [-0.05, 0) is 12.5 Å². The normalized spacial score (nSPS) is 10.4. The standard InChI is InChI=1S/C11H18ClN3O/c1-2-3-5-16-6-4-14-11-10(12)7-9(13)8-15-11/h7-8H,2-6,13H2,1H3,(H,14,15). The molecule has 0 aliphatic rings. The highest BCUT2D eigenvalue weighted by atomic mass is 35.5. The summed E-state index contributed by atoms with van der Waals surface area (Å²) in [7, 11) is 0. The van der Waals surface area contributed by atoms with Crippen LogP contribution in [0.5, 0.6) is 0 Å². The van der Waals surface area contributed by atoms with Crippen LogP contribution in [0.25, 0.3) is 0 Å². The van der Waals surface area contributed by atoms with Gasteiger partial charge in [-0.25, -0.2) is 4.98 Å². The highest BCUT2D eigenvalue weighted by molar-refractivity contribution is 6.33. The first-order valence-corrected chi connectivity index (χ1v) is 5.84. The van der Waals surface area contributed by atoms with Crippen molar-refractivity contribution in [1.29, 1.82) is 0 Å². The van der Waals surface area contributed by atoms with E-state index in [4.69, 9.17) is 22.1 Å². The zero-order valence-corrected chi connectivity index (χ0v) is 10.3. The summed E-state index contributed by atoms with van der Waals surface area (Å²) < 4.78 is 5.40. The van der Waals surface area contributed by atoms with Crippen molar-refractivity contribution in [2.45, 2.75) is 19.8 Å². The third-order valence-corrected chi connectivity index (χ3v) is 2.33. The quantitative estimate of drug-likeness (QED) is 0.723. The van der Waals surface area contributed by atoms with Crippen LogP contribution in [0.2, 0.25) is 5.02 Å². The summed E-state index contributed by atoms with van der Waals surface area (Å²) in [5, 5.41) is 3.63. The maximum absolute atomic E-state index is 5.95. The van der Waals surface area contributed by atoms with E-state index in [0.717, 1.165) is 19.4 Å². The van der Waals surface area contributed by atoms with Crippen LogP contribution in [-0.4, -0.2) is 24.7 Å². The molecule has 0 saturated carbocycles. The molecule has 0 spiro atoms. The molecule has 0 atom stereocenters. The van der Waals surface area contributed by atoms with Crippen LogP contribution in [0, 0.1) is 0 Å². The molecule has 0 aliphatic heterocycles. The Balaban J connectivity index is 2.21. The van der Waals surface area contributed by atoms with E-state index in [2.05, 4.69) is 17.2 Å². The number of halogens is 1. The summed E-state index contributed by atoms with van der Waals surface area (Å²) in [5.41, 5.74) is 6.10. The summed E-state index contributed by atoms with van der Waals surface area (Å²) in [6.45, 7) is 4.30. The molecule has 1 heterocycles. The Morgan fingerprint density at radius 1 is 1.50 bits per heavy atom. The predicted molar refractivity (Wildman–Crippen MR) is 67.9 cm³/mol. The molecule has 0 aromatic carbocycles. The third-order valence-electron chi connectivity index (χ3n) is 2.04. The molecule has 1 aromatic rings. The van der Waals surface area contributed by atoms with E-state index in [9.17, 15) is 0 Å². The van der Waals surface area contributed by atoms with E-state index in [1.807, 2.05) is 0 Å². The molecule has 4 nitrogen and oxygen atoms in total. The minimum atomic E-state index is 0.536. The highest BCUT2D eigenvalue weighted by Gasteiger charge is 2.00. The number of unbranched alkanes of at least 4 members (excludes halogenated alkanes) is 1. The van der Waals surface area contributed by atoms with Crippen molar-refractivity contribution in [3.05, 3.63) is 17.3 Å². The minimum absolute atomic E-state index is 0.536. The Kier molecular flexibility index (Phi) is 5.96. The van der Waals surface area contributed by atoms with Crippen molar-refractivity contribution >= 4 is 23.1 Å². The Bertz CT molecular complexity index is 320. The summed E-state index contributed by atoms with van der Waals surface area (Å²) in [6.07, 6.45) is 3.83. The fourth-order valence-corrected chi connectivity index (χ4v) is 1.41. The van der Waals surface area contributed by atoms with Gasteiger partial charge in [0.2, 0.25) is 0 Å². The van der Waals surface area contributed by atoms with E-state index in [-0.39, 0.29) is 0 Å². The Morgan fingerprint density at radius 2 is 2.31 bits per heavy atom. The van der Waals surface area contributed by atoms with Crippen molar-refractivity contribution in [3.8, 4) is 0 Å². The summed E-state index contributed by atoms with van der Waals surface area (Å²) in [4.78, 5) is 4.09. The van der Waals surface area contributed by atoms with E-state index >= 15 is 0 Å². The molecule has 5 heteroatoms. The second-order valence-electron chi connectivity index (χ2n) is 3.49. The molecule has 16 heavy (non-hydrogen) atoms. The summed E-state index contributed by atoms with van der Waals surface area (Å²) in [6, 6.07) is 1.68. The molecule has 0 unspecified atom stereocenters. The van der Waals surface area contributed by atoms with Gasteiger partial charge in [-0.15, -0.1) is 0 Å². The van der Waals surface area contributed by atoms with Gasteiger partial charge >= 0.3 is 0 Å². The SMILES string of the molecule is CCCCOCCNc1ncc(N)cc1Cl. The first-order valence-electron chi connectivity index (χ1n) is 5.46. The molecular weight excluding hydrogens is 226 g/mol. The monoisotopic (exact) mass is 243 g/mol. The lowest BCUT2D eigenvalue weighted by molar-refractivity contribution is 0.141. The predicted octanol–water partition coefficient (Wildman–Crippen LogP) is 2.55. The van der Waals surface area contributed by atoms with Gasteiger partial charge in [-0.2, -0.15) is 0 Å². The van der Waals surface area contributed by atoms with Crippen LogP contribution in [0.3, 0.4) is 0 Å². The smallest absolute Gasteiger partial charge is 0.144 e. The van der Waals surface area contributed by atoms with E-state index in [0.29, 0.717) is 29.7 Å². The van der Waals surface area contributed by atoms with Gasteiger partial charge in [-0.1, -0.05) is 24.9 Å². The number of nitrogens with zero attached hydrogens (tertiary/aromatic N) is 1. The average molecular weight is 244 g/mol. The first kappa shape index (κ1) is 13.1. The van der Waals surface area contributed by atoms with Gasteiger partial charge < -0.3 is 15.8 Å². The van der Waals surface area contributed by atoms with Crippen molar-refractivity contribution in [2.24, 2.45) is 0 Å². The molecule has 0 radical (unpaired) electrons. The molecule has 90 valence electrons. The van der Waals surface area contributed by atoms with Crippen molar-refractivity contribution in [3.63, 3.8) is 0 Å². The average Bonchev–Trinajstić information content (AvgIpc) is 2.26. The molecule has 1 aromatic heterocycles. The van der Waals surface area contributed by atoms with Gasteiger partial charge in [0, 0.05) is 13.2 Å². The Labute approximate surface area is 101 Å². The van der Waals surface area contributed by atoms with Crippen LogP contribution in [-0.2, 0) is 4.74 Å². The lowest BCUT2D eigenvalue weighted by Gasteiger charge is -2.08.